The van der Waals surface area contributed by atoms with Gasteiger partial charge in [0.2, 0.25) is 23.8 Å². The van der Waals surface area contributed by atoms with Gasteiger partial charge in [-0.1, -0.05) is 31.5 Å². The Morgan fingerprint density at radius 1 is 0.921 bits per heavy atom. The van der Waals surface area contributed by atoms with E-state index in [9.17, 15) is 24.6 Å². The molecule has 0 radical (unpaired) electrons. The van der Waals surface area contributed by atoms with Crippen LogP contribution < -0.4 is 32.0 Å². The number of aromatic nitrogens is 6. The van der Waals surface area contributed by atoms with Crippen LogP contribution in [0.25, 0.3) is 33.4 Å². The summed E-state index contributed by atoms with van der Waals surface area (Å²) in [6, 6.07) is 13.3. The second-order valence-electron chi connectivity index (χ2n) is 15.6. The first-order chi connectivity index (χ1) is 30.4. The Bertz CT molecular complexity index is 2680. The largest absolute Gasteiger partial charge is 0.508 e. The highest BCUT2D eigenvalue weighted by atomic mass is 16.5. The third kappa shape index (κ3) is 9.30. The van der Waals surface area contributed by atoms with Crippen LogP contribution in [0, 0.1) is 5.92 Å². The molecule has 2 aromatic carbocycles. The number of ether oxygens (including phenoxy) is 1. The Kier molecular flexibility index (Phi) is 12.3. The number of phenolic OH excluding ortho intramolecular Hbond substituents is 1. The fraction of sp³-hybridized carbons (Fsp3) is 0.372. The number of hydrogen-bond donors (Lipinski definition) is 5. The van der Waals surface area contributed by atoms with E-state index < -0.39 is 12.0 Å². The maximum Gasteiger partial charge on any atom is 0.336 e. The van der Waals surface area contributed by atoms with Gasteiger partial charge >= 0.3 is 5.97 Å². The molecule has 20 nitrogen and oxygen atoms in total. The summed E-state index contributed by atoms with van der Waals surface area (Å²) < 4.78 is 13.3. The quantitative estimate of drug-likeness (QED) is 0.0454. The first-order valence-corrected chi connectivity index (χ1v) is 20.9. The second kappa shape index (κ2) is 18.3. The lowest BCUT2D eigenvalue weighted by Crippen LogP contribution is -2.52. The number of aromatic carboxylic acids is 1. The van der Waals surface area contributed by atoms with Crippen LogP contribution >= 0.6 is 0 Å². The summed E-state index contributed by atoms with van der Waals surface area (Å²) in [5.41, 5.74) is 13.5. The summed E-state index contributed by atoms with van der Waals surface area (Å²) in [7, 11) is 0. The number of carboxylic acid groups (broad SMARTS) is 1. The molecule has 3 aliphatic heterocycles. The number of carbonyl (C=O) groups excluding carboxylic acids is 1. The molecule has 2 atom stereocenters. The van der Waals surface area contributed by atoms with Crippen molar-refractivity contribution in [1.82, 2.24) is 34.8 Å². The van der Waals surface area contributed by atoms with Crippen molar-refractivity contribution in [3.05, 3.63) is 82.3 Å². The number of hydrogen-bond acceptors (Lipinski definition) is 15. The maximum absolute atomic E-state index is 14.2. The van der Waals surface area contributed by atoms with Crippen molar-refractivity contribution in [1.29, 1.82) is 0 Å². The number of piperazine rings is 1. The molecular formula is C43H49N13O7. The van der Waals surface area contributed by atoms with Crippen LogP contribution in [-0.4, -0.2) is 122 Å². The number of anilines is 4. The molecule has 2 fully saturated rings. The van der Waals surface area contributed by atoms with Crippen molar-refractivity contribution in [2.75, 3.05) is 74.1 Å². The van der Waals surface area contributed by atoms with E-state index in [1.54, 1.807) is 28.9 Å². The van der Waals surface area contributed by atoms with E-state index in [1.807, 2.05) is 34.7 Å². The molecular weight excluding hydrogens is 811 g/mol. The molecule has 1 aliphatic carbocycles. The number of carboxylic acids is 1. The lowest BCUT2D eigenvalue weighted by molar-refractivity contribution is -0.137. The van der Waals surface area contributed by atoms with Gasteiger partial charge in [0.15, 0.2) is 11.4 Å². The summed E-state index contributed by atoms with van der Waals surface area (Å²) in [6.45, 7) is 8.44. The van der Waals surface area contributed by atoms with E-state index in [0.717, 1.165) is 12.1 Å². The zero-order valence-corrected chi connectivity index (χ0v) is 35.0. The molecule has 4 aliphatic rings. The van der Waals surface area contributed by atoms with Crippen LogP contribution in [0.3, 0.4) is 0 Å². The first-order valence-electron chi connectivity index (χ1n) is 20.9. The van der Waals surface area contributed by atoms with Crippen molar-refractivity contribution >= 4 is 52.3 Å². The van der Waals surface area contributed by atoms with Crippen LogP contribution in [0.5, 0.6) is 5.75 Å². The smallest absolute Gasteiger partial charge is 0.336 e. The Morgan fingerprint density at radius 2 is 1.65 bits per heavy atom. The molecule has 20 heteroatoms. The van der Waals surface area contributed by atoms with E-state index in [0.29, 0.717) is 112 Å². The number of rotatable bonds is 14. The van der Waals surface area contributed by atoms with Gasteiger partial charge in [-0.15, -0.1) is 5.10 Å². The molecule has 8 rings (SSSR count). The number of benzene rings is 3. The fourth-order valence-corrected chi connectivity index (χ4v) is 7.94. The van der Waals surface area contributed by atoms with E-state index in [4.69, 9.17) is 35.6 Å². The normalized spacial score (nSPS) is 15.4. The van der Waals surface area contributed by atoms with Gasteiger partial charge in [-0.05, 0) is 60.7 Å². The lowest BCUT2D eigenvalue weighted by atomic mass is 9.90. The molecule has 5 heterocycles. The number of aliphatic imine (C=N–C) groups is 1. The van der Waals surface area contributed by atoms with Crippen molar-refractivity contribution in [2.45, 2.75) is 39.2 Å². The van der Waals surface area contributed by atoms with E-state index >= 15 is 0 Å². The molecule has 63 heavy (non-hydrogen) atoms. The van der Waals surface area contributed by atoms with E-state index in [1.165, 1.54) is 30.3 Å². The summed E-state index contributed by atoms with van der Waals surface area (Å²) in [6.07, 6.45) is 3.91. The first kappa shape index (κ1) is 42.3. The number of aromatic hydroxyl groups is 1. The fourth-order valence-electron chi connectivity index (χ4n) is 7.94. The van der Waals surface area contributed by atoms with Crippen LogP contribution in [0.2, 0.25) is 0 Å². The SMILES string of the molecule is CC[C@H](C)[C@@H](C(=O)N1CCN(c2nc(Nc3ccc(-c4c5ccc(=O)cc-5oc5cc(O)ccc45)c(C(=O)O)c3)nc(N3CCOCC3)n2)CC1)n1cc(CCCN=C(N)N)nn1. The summed E-state index contributed by atoms with van der Waals surface area (Å²) in [5.74, 6) is 0.0655. The number of nitrogens with two attached hydrogens (primary N) is 2. The Hall–Kier alpha value is -7.35. The number of fused-ring (bicyclic) bond motifs is 2. The maximum atomic E-state index is 14.2. The molecule has 2 aromatic heterocycles. The minimum absolute atomic E-state index is 0.000869. The number of guanidine groups is 1. The van der Waals surface area contributed by atoms with Crippen LogP contribution in [0.15, 0.2) is 75.0 Å². The predicted molar refractivity (Wildman–Crippen MR) is 236 cm³/mol. The average Bonchev–Trinajstić information content (AvgIpc) is 3.75. The molecule has 0 spiro atoms. The minimum Gasteiger partial charge on any atom is -0.508 e. The number of amides is 1. The van der Waals surface area contributed by atoms with E-state index in [-0.39, 0.29) is 51.8 Å². The van der Waals surface area contributed by atoms with Gasteiger partial charge in [0, 0.05) is 86.3 Å². The number of morpholine rings is 1. The monoisotopic (exact) mass is 859 g/mol. The molecule has 2 saturated heterocycles. The second-order valence-corrected chi connectivity index (χ2v) is 15.6. The summed E-state index contributed by atoms with van der Waals surface area (Å²) in [5, 5.41) is 33.3. The van der Waals surface area contributed by atoms with Crippen LogP contribution in [-0.2, 0) is 16.0 Å². The van der Waals surface area contributed by atoms with Gasteiger partial charge in [-0.2, -0.15) is 15.0 Å². The van der Waals surface area contributed by atoms with Crippen molar-refractivity contribution in [3.63, 3.8) is 0 Å². The Balaban J connectivity index is 1.05. The van der Waals surface area contributed by atoms with Gasteiger partial charge in [-0.25, -0.2) is 9.48 Å². The predicted octanol–water partition coefficient (Wildman–Crippen LogP) is 3.47. The molecule has 328 valence electrons. The van der Waals surface area contributed by atoms with Crippen LogP contribution in [0.1, 0.15) is 48.8 Å². The number of aryl methyl sites for hydroxylation is 1. The molecule has 1 amide bonds. The van der Waals surface area contributed by atoms with Gasteiger partial charge < -0.3 is 50.9 Å². The zero-order valence-electron chi connectivity index (χ0n) is 35.0. The number of carbonyl (C=O) groups is 2. The molecule has 0 unspecified atom stereocenters. The number of phenols is 1. The van der Waals surface area contributed by atoms with Gasteiger partial charge in [0.25, 0.3) is 0 Å². The summed E-state index contributed by atoms with van der Waals surface area (Å²) >= 11 is 0. The molecule has 4 aromatic rings. The molecule has 0 bridgehead atoms. The van der Waals surface area contributed by atoms with Crippen molar-refractivity contribution in [3.8, 4) is 28.2 Å². The van der Waals surface area contributed by atoms with Gasteiger partial charge in [0.1, 0.15) is 23.1 Å². The zero-order chi connectivity index (χ0) is 44.2. The minimum atomic E-state index is -1.19. The van der Waals surface area contributed by atoms with Crippen LogP contribution in [0.4, 0.5) is 23.5 Å². The third-order valence-corrected chi connectivity index (χ3v) is 11.4. The lowest BCUT2D eigenvalue weighted by Gasteiger charge is -2.37. The standard InChI is InChI=1S/C43H49N13O7/c1-3-25(2)37(56-24-27(51-52-56)5-4-12-46-40(44)45)38(59)53-13-15-54(16-14-53)42-48-41(49-43(50-42)55-17-19-62-20-18-55)47-26-6-9-30(33(21-26)39(60)61)36-31-10-7-28(57)22-34(31)63-35-23-29(58)8-11-32(35)36/h6-11,21-25,37,57H,3-5,12-20H2,1-2H3,(H,60,61)(H4,44,45,46)(H,47,48,49,50)/t25-,37-/m0/s1. The highest BCUT2D eigenvalue weighted by molar-refractivity contribution is 6.08. The summed E-state index contributed by atoms with van der Waals surface area (Å²) in [4.78, 5) is 63.8. The number of nitrogens with one attached hydrogen (secondary N) is 1. The van der Waals surface area contributed by atoms with Gasteiger partial charge in [-0.3, -0.25) is 14.6 Å². The number of nitrogens with zero attached hydrogens (tertiary/aromatic N) is 10. The van der Waals surface area contributed by atoms with E-state index in [2.05, 4.69) is 20.6 Å². The highest BCUT2D eigenvalue weighted by Crippen LogP contribution is 2.42. The van der Waals surface area contributed by atoms with Crippen molar-refractivity contribution < 1.29 is 29.0 Å². The Labute approximate surface area is 361 Å². The average molecular weight is 860 g/mol. The topological polar surface area (TPSA) is 270 Å². The third-order valence-electron chi connectivity index (χ3n) is 11.4. The van der Waals surface area contributed by atoms with Crippen molar-refractivity contribution in [2.24, 2.45) is 22.4 Å². The molecule has 7 N–H and O–H groups in total. The molecule has 0 saturated carbocycles. The van der Waals surface area contributed by atoms with Gasteiger partial charge in [0.05, 0.1) is 24.5 Å². The highest BCUT2D eigenvalue weighted by Gasteiger charge is 2.34. The Morgan fingerprint density at radius 3 is 2.37 bits per heavy atom.